The van der Waals surface area contributed by atoms with Crippen molar-refractivity contribution < 1.29 is 14.3 Å². The van der Waals surface area contributed by atoms with E-state index in [1.54, 1.807) is 17.0 Å². The molecule has 0 radical (unpaired) electrons. The zero-order valence-electron chi connectivity index (χ0n) is 17.3. The van der Waals surface area contributed by atoms with Gasteiger partial charge in [-0.15, -0.1) is 0 Å². The summed E-state index contributed by atoms with van der Waals surface area (Å²) in [7, 11) is 0. The summed E-state index contributed by atoms with van der Waals surface area (Å²) in [6, 6.07) is 17.3. The standard InChI is InChI=1S/C24H30FN3O2/c25-21-8-6-19(7-9-21)16-20-10-12-26(13-11-20)17-23-18-27(24(29)30)14-15-28(23)22-4-2-1-3-5-22/h1-9,20,23H,10-18H2,(H,29,30). The van der Waals surface area contributed by atoms with E-state index in [0.29, 0.717) is 19.0 Å². The fourth-order valence-corrected chi connectivity index (χ4v) is 4.77. The highest BCUT2D eigenvalue weighted by Crippen LogP contribution is 2.25. The zero-order valence-corrected chi connectivity index (χ0v) is 17.3. The Labute approximate surface area is 177 Å². The number of hydrogen-bond acceptors (Lipinski definition) is 3. The van der Waals surface area contributed by atoms with Crippen molar-refractivity contribution in [2.24, 2.45) is 5.92 Å². The van der Waals surface area contributed by atoms with E-state index in [9.17, 15) is 14.3 Å². The van der Waals surface area contributed by atoms with Crippen LogP contribution in [0.25, 0.3) is 0 Å². The monoisotopic (exact) mass is 411 g/mol. The fraction of sp³-hybridized carbons (Fsp3) is 0.458. The van der Waals surface area contributed by atoms with Crippen LogP contribution < -0.4 is 4.90 Å². The van der Waals surface area contributed by atoms with Gasteiger partial charge in [-0.3, -0.25) is 0 Å². The van der Waals surface area contributed by atoms with Gasteiger partial charge in [0, 0.05) is 31.9 Å². The van der Waals surface area contributed by atoms with Crippen LogP contribution in [-0.4, -0.2) is 66.3 Å². The molecule has 2 heterocycles. The number of carboxylic acid groups (broad SMARTS) is 1. The van der Waals surface area contributed by atoms with E-state index in [1.807, 2.05) is 30.3 Å². The number of piperazine rings is 1. The van der Waals surface area contributed by atoms with Crippen LogP contribution in [0.3, 0.4) is 0 Å². The minimum absolute atomic E-state index is 0.158. The maximum absolute atomic E-state index is 13.1. The van der Waals surface area contributed by atoms with Crippen LogP contribution in [0.5, 0.6) is 0 Å². The lowest BCUT2D eigenvalue weighted by Crippen LogP contribution is -2.58. The topological polar surface area (TPSA) is 47.0 Å². The summed E-state index contributed by atoms with van der Waals surface area (Å²) in [5.74, 6) is 0.443. The van der Waals surface area contributed by atoms with Crippen LogP contribution in [0, 0.1) is 11.7 Å². The van der Waals surface area contributed by atoms with Crippen molar-refractivity contribution in [2.75, 3.05) is 44.2 Å². The Bertz CT molecular complexity index is 822. The number of rotatable bonds is 5. The molecule has 1 atom stereocenters. The van der Waals surface area contributed by atoms with E-state index in [0.717, 1.165) is 45.4 Å². The van der Waals surface area contributed by atoms with E-state index in [4.69, 9.17) is 0 Å². The summed E-state index contributed by atoms with van der Waals surface area (Å²) >= 11 is 0. The maximum Gasteiger partial charge on any atom is 0.407 e. The lowest BCUT2D eigenvalue weighted by Gasteiger charge is -2.44. The smallest absolute Gasteiger partial charge is 0.407 e. The molecule has 0 aromatic heterocycles. The number of likely N-dealkylation sites (tertiary alicyclic amines) is 1. The second-order valence-corrected chi connectivity index (χ2v) is 8.49. The van der Waals surface area contributed by atoms with Crippen molar-refractivity contribution in [1.82, 2.24) is 9.80 Å². The van der Waals surface area contributed by atoms with Crippen molar-refractivity contribution >= 4 is 11.8 Å². The molecule has 2 aliphatic rings. The van der Waals surface area contributed by atoms with Gasteiger partial charge < -0.3 is 19.8 Å². The van der Waals surface area contributed by atoms with Gasteiger partial charge in [-0.2, -0.15) is 0 Å². The largest absolute Gasteiger partial charge is 0.465 e. The van der Waals surface area contributed by atoms with Gasteiger partial charge in [0.25, 0.3) is 0 Å². The Morgan fingerprint density at radius 3 is 2.33 bits per heavy atom. The molecule has 5 nitrogen and oxygen atoms in total. The Hall–Kier alpha value is -2.60. The molecule has 1 unspecified atom stereocenters. The molecule has 2 saturated heterocycles. The van der Waals surface area contributed by atoms with Gasteiger partial charge in [-0.05, 0) is 68.1 Å². The SMILES string of the molecule is O=C(O)N1CCN(c2ccccc2)C(CN2CCC(Cc3ccc(F)cc3)CC2)C1. The summed E-state index contributed by atoms with van der Waals surface area (Å²) in [5, 5.41) is 9.48. The van der Waals surface area contributed by atoms with Crippen LogP contribution in [0.15, 0.2) is 54.6 Å². The number of benzene rings is 2. The summed E-state index contributed by atoms with van der Waals surface area (Å²) < 4.78 is 13.1. The molecule has 30 heavy (non-hydrogen) atoms. The van der Waals surface area contributed by atoms with E-state index in [-0.39, 0.29) is 11.9 Å². The van der Waals surface area contributed by atoms with Crippen LogP contribution in [0.2, 0.25) is 0 Å². The van der Waals surface area contributed by atoms with Crippen LogP contribution in [0.4, 0.5) is 14.9 Å². The molecule has 2 fully saturated rings. The highest BCUT2D eigenvalue weighted by molar-refractivity contribution is 5.66. The first-order chi connectivity index (χ1) is 14.6. The molecule has 2 aliphatic heterocycles. The third-order valence-electron chi connectivity index (χ3n) is 6.45. The Balaban J connectivity index is 1.35. The van der Waals surface area contributed by atoms with Gasteiger partial charge in [0.15, 0.2) is 0 Å². The average Bonchev–Trinajstić information content (AvgIpc) is 2.77. The average molecular weight is 412 g/mol. The minimum Gasteiger partial charge on any atom is -0.465 e. The molecule has 2 aromatic rings. The van der Waals surface area contributed by atoms with Crippen LogP contribution in [-0.2, 0) is 6.42 Å². The van der Waals surface area contributed by atoms with Crippen LogP contribution in [0.1, 0.15) is 18.4 Å². The van der Waals surface area contributed by atoms with Crippen LogP contribution >= 0.6 is 0 Å². The van der Waals surface area contributed by atoms with Gasteiger partial charge in [0.1, 0.15) is 5.82 Å². The first kappa shape index (κ1) is 20.7. The highest BCUT2D eigenvalue weighted by atomic mass is 19.1. The molecule has 160 valence electrons. The molecule has 1 amide bonds. The predicted molar refractivity (Wildman–Crippen MR) is 116 cm³/mol. The molecule has 2 aromatic carbocycles. The number of hydrogen-bond donors (Lipinski definition) is 1. The molecule has 0 saturated carbocycles. The predicted octanol–water partition coefficient (Wildman–Crippen LogP) is 3.95. The van der Waals surface area contributed by atoms with E-state index >= 15 is 0 Å². The van der Waals surface area contributed by atoms with E-state index in [1.165, 1.54) is 11.3 Å². The van der Waals surface area contributed by atoms with Gasteiger partial charge >= 0.3 is 6.09 Å². The molecule has 6 heteroatoms. The van der Waals surface area contributed by atoms with Gasteiger partial charge in [-0.25, -0.2) is 9.18 Å². The molecular weight excluding hydrogens is 381 g/mol. The van der Waals surface area contributed by atoms with Crippen molar-refractivity contribution in [2.45, 2.75) is 25.3 Å². The first-order valence-electron chi connectivity index (χ1n) is 10.8. The zero-order chi connectivity index (χ0) is 20.9. The normalized spacial score (nSPS) is 21.0. The summed E-state index contributed by atoms with van der Waals surface area (Å²) in [6.07, 6.45) is 2.42. The molecular formula is C24H30FN3O2. The molecule has 0 bridgehead atoms. The number of piperidine rings is 1. The Morgan fingerprint density at radius 2 is 1.67 bits per heavy atom. The molecule has 0 spiro atoms. The van der Waals surface area contributed by atoms with Gasteiger partial charge in [-0.1, -0.05) is 30.3 Å². The second-order valence-electron chi connectivity index (χ2n) is 8.49. The number of nitrogens with zero attached hydrogens (tertiary/aromatic N) is 3. The lowest BCUT2D eigenvalue weighted by molar-refractivity contribution is 0.119. The fourth-order valence-electron chi connectivity index (χ4n) is 4.77. The van der Waals surface area contributed by atoms with Crippen molar-refractivity contribution in [3.8, 4) is 0 Å². The van der Waals surface area contributed by atoms with Crippen molar-refractivity contribution in [3.63, 3.8) is 0 Å². The molecule has 4 rings (SSSR count). The van der Waals surface area contributed by atoms with E-state index in [2.05, 4.69) is 21.9 Å². The number of carbonyl (C=O) groups is 1. The number of amides is 1. The number of halogens is 1. The second kappa shape index (κ2) is 9.47. The molecule has 0 aliphatic carbocycles. The minimum atomic E-state index is -0.828. The third kappa shape index (κ3) is 5.11. The van der Waals surface area contributed by atoms with Crippen molar-refractivity contribution in [1.29, 1.82) is 0 Å². The summed E-state index contributed by atoms with van der Waals surface area (Å²) in [5.41, 5.74) is 2.37. The summed E-state index contributed by atoms with van der Waals surface area (Å²) in [6.45, 7) is 4.74. The van der Waals surface area contributed by atoms with Crippen molar-refractivity contribution in [3.05, 3.63) is 66.0 Å². The van der Waals surface area contributed by atoms with Gasteiger partial charge in [0.05, 0.1) is 6.04 Å². The van der Waals surface area contributed by atoms with Gasteiger partial charge in [0.2, 0.25) is 0 Å². The Morgan fingerprint density at radius 1 is 0.967 bits per heavy atom. The number of para-hydroxylation sites is 1. The third-order valence-corrected chi connectivity index (χ3v) is 6.45. The highest BCUT2D eigenvalue weighted by Gasteiger charge is 2.32. The number of anilines is 1. The quantitative estimate of drug-likeness (QED) is 0.809. The Kier molecular flexibility index (Phi) is 6.53. The summed E-state index contributed by atoms with van der Waals surface area (Å²) in [4.78, 5) is 17.9. The molecule has 1 N–H and O–H groups in total. The maximum atomic E-state index is 13.1. The lowest BCUT2D eigenvalue weighted by atomic mass is 9.90. The van der Waals surface area contributed by atoms with E-state index < -0.39 is 6.09 Å². The first-order valence-corrected chi connectivity index (χ1v) is 10.8.